The predicted octanol–water partition coefficient (Wildman–Crippen LogP) is 10.2. The minimum absolute atomic E-state index is 0.0543. The topological polar surface area (TPSA) is 239 Å². The fraction of sp³-hybridized carbons (Fsp3) is 0.589. The summed E-state index contributed by atoms with van der Waals surface area (Å²) in [4.78, 5) is 79.8. The molecule has 420 valence electrons. The Bertz CT molecular complexity index is 2450. The number of esters is 2. The summed E-state index contributed by atoms with van der Waals surface area (Å²) in [7, 11) is 2.76. The quantitative estimate of drug-likeness (QED) is 0.00807. The number of nitrogens with zero attached hydrogens (tertiary/aromatic N) is 6. The lowest BCUT2D eigenvalue weighted by molar-refractivity contribution is -0.870. The molecule has 0 radical (unpaired) electrons. The maximum absolute atomic E-state index is 14.2. The van der Waals surface area contributed by atoms with Gasteiger partial charge >= 0.3 is 18.0 Å². The summed E-state index contributed by atoms with van der Waals surface area (Å²) in [5.74, 6) is -0.687. The van der Waals surface area contributed by atoms with Gasteiger partial charge < -0.3 is 48.3 Å². The normalized spacial score (nSPS) is 13.0. The Kier molecular flexibility index (Phi) is 28.2. The number of hydrogen-bond donors (Lipinski definition) is 2. The van der Waals surface area contributed by atoms with E-state index in [1.54, 1.807) is 48.5 Å². The third-order valence-electron chi connectivity index (χ3n) is 12.6. The number of phosphoric acid groups is 1. The number of aryl methyl sites for hydroxylation is 1. The highest BCUT2D eigenvalue weighted by molar-refractivity contribution is 7.45. The Balaban J connectivity index is 1.32. The molecule has 19 nitrogen and oxygen atoms in total. The maximum Gasteiger partial charge on any atom is 0.435 e. The summed E-state index contributed by atoms with van der Waals surface area (Å²) >= 11 is 0. The molecule has 0 spiro atoms. The number of pyridine rings is 1. The number of nitrogens with two attached hydrogens (primary N) is 1. The van der Waals surface area contributed by atoms with Crippen molar-refractivity contribution in [2.75, 3.05) is 70.9 Å². The second-order valence-corrected chi connectivity index (χ2v) is 21.6. The van der Waals surface area contributed by atoms with Crippen molar-refractivity contribution in [3.8, 4) is 0 Å². The van der Waals surface area contributed by atoms with Crippen LogP contribution in [0.1, 0.15) is 158 Å². The van der Waals surface area contributed by atoms with Crippen LogP contribution in [0.5, 0.6) is 0 Å². The Morgan fingerprint density at radius 3 is 2.03 bits per heavy atom. The number of unbranched alkanes of at least 4 members (excludes halogenated alkanes) is 15. The monoisotopic (exact) mass is 1080 g/mol. The number of quaternary nitrogens is 1. The smallest absolute Gasteiger partial charge is 0.435 e. The van der Waals surface area contributed by atoms with E-state index in [0.29, 0.717) is 58.9 Å². The number of likely N-dealkylation sites (N-methyl/N-ethyl adjacent to an activating group) is 1. The number of anilines is 2. The third-order valence-corrected chi connectivity index (χ3v) is 13.6. The predicted molar refractivity (Wildman–Crippen MR) is 295 cm³/mol. The first-order valence-corrected chi connectivity index (χ1v) is 28.7. The van der Waals surface area contributed by atoms with Crippen LogP contribution < -0.4 is 20.8 Å². The van der Waals surface area contributed by atoms with Gasteiger partial charge in [-0.1, -0.05) is 116 Å². The zero-order valence-corrected chi connectivity index (χ0v) is 46.9. The van der Waals surface area contributed by atoms with E-state index >= 15 is 0 Å². The Morgan fingerprint density at radius 2 is 1.39 bits per heavy atom. The standard InChI is InChI=1S/C56H85N8O11P/c1-7-9-11-12-13-14-15-16-17-18-19-20-21-22-27-53(66)75-47(43-74-76(69,70)73-39-37-64(4,5)6)42-72-52(65)34-36-63(50-26-23-24-35-58-50)55(67)45-30-33-49-48(40-45)60-51(62(49)3)41-59-46-31-28-44(29-32-46)54(57)61-56(68)71-38-25-10-8-2/h23-24,26,28-33,35,40,47H,7-22,25,27,34,36-39,41-43H2,1-6H3,(H3-,57,59,61,68,69,70). The highest BCUT2D eigenvalue weighted by Gasteiger charge is 2.25. The van der Waals surface area contributed by atoms with Gasteiger partial charge in [0.05, 0.1) is 58.4 Å². The van der Waals surface area contributed by atoms with Crippen molar-refractivity contribution in [3.63, 3.8) is 0 Å². The minimum Gasteiger partial charge on any atom is -0.756 e. The van der Waals surface area contributed by atoms with Crippen LogP contribution in [0, 0.1) is 0 Å². The number of amides is 2. The molecule has 3 N–H and O–H groups in total. The van der Waals surface area contributed by atoms with E-state index < -0.39 is 51.1 Å². The fourth-order valence-electron chi connectivity index (χ4n) is 8.10. The van der Waals surface area contributed by atoms with Crippen LogP contribution in [-0.4, -0.2) is 116 Å². The van der Waals surface area contributed by atoms with Gasteiger partial charge in [0.15, 0.2) is 6.10 Å². The lowest BCUT2D eigenvalue weighted by atomic mass is 10.0. The summed E-state index contributed by atoms with van der Waals surface area (Å²) in [5, 5.41) is 3.34. The Morgan fingerprint density at radius 1 is 0.763 bits per heavy atom. The molecule has 0 fully saturated rings. The number of amidine groups is 1. The molecule has 4 aromatic rings. The largest absolute Gasteiger partial charge is 0.756 e. The van der Waals surface area contributed by atoms with Crippen molar-refractivity contribution in [3.05, 3.63) is 83.8 Å². The molecule has 0 aliphatic carbocycles. The SMILES string of the molecule is CCCCCCCCCCCCCCCCC(=O)OC(COC(=O)CCN(C(=O)c1ccc2c(c1)nc(CNc1ccc(/C(N)=N/C(=O)OCCCCC)cc1)n2C)c1ccccn1)COP(=O)([O-])OCC[N+](C)(C)C. The first-order chi connectivity index (χ1) is 36.5. The molecule has 0 saturated carbocycles. The van der Waals surface area contributed by atoms with Gasteiger partial charge in [0.25, 0.3) is 13.7 Å². The number of fused-ring (bicyclic) bond motifs is 1. The molecule has 20 heteroatoms. The number of carbonyl (C=O) groups is 4. The Hall–Kier alpha value is -5.72. The molecule has 76 heavy (non-hydrogen) atoms. The zero-order valence-electron chi connectivity index (χ0n) is 46.0. The zero-order chi connectivity index (χ0) is 55.2. The van der Waals surface area contributed by atoms with Crippen molar-refractivity contribution in [1.82, 2.24) is 14.5 Å². The molecular formula is C56H85N8O11P. The molecular weight excluding hydrogens is 992 g/mol. The van der Waals surface area contributed by atoms with Crippen molar-refractivity contribution < 1.29 is 56.4 Å². The van der Waals surface area contributed by atoms with Crippen LogP contribution in [0.3, 0.4) is 0 Å². The number of hydrogen-bond acceptors (Lipinski definition) is 14. The first-order valence-electron chi connectivity index (χ1n) is 27.3. The summed E-state index contributed by atoms with van der Waals surface area (Å²) < 4.78 is 41.5. The van der Waals surface area contributed by atoms with Crippen molar-refractivity contribution in [2.24, 2.45) is 17.8 Å². The summed E-state index contributed by atoms with van der Waals surface area (Å²) in [5.41, 5.74) is 9.06. The van der Waals surface area contributed by atoms with Crippen LogP contribution in [-0.2, 0) is 51.0 Å². The highest BCUT2D eigenvalue weighted by Crippen LogP contribution is 2.38. The summed E-state index contributed by atoms with van der Waals surface area (Å²) in [6.45, 7) is 3.99. The van der Waals surface area contributed by atoms with E-state index in [4.69, 9.17) is 34.0 Å². The van der Waals surface area contributed by atoms with Crippen LogP contribution >= 0.6 is 7.82 Å². The molecule has 2 amide bonds. The van der Waals surface area contributed by atoms with E-state index in [0.717, 1.165) is 49.7 Å². The molecule has 0 aliphatic heterocycles. The molecule has 2 aromatic carbocycles. The average molecular weight is 1080 g/mol. The Labute approximate surface area is 450 Å². The van der Waals surface area contributed by atoms with E-state index in [-0.39, 0.29) is 31.8 Å². The molecule has 2 heterocycles. The average Bonchev–Trinajstić information content (AvgIpc) is 3.71. The molecule has 2 atom stereocenters. The van der Waals surface area contributed by atoms with Crippen molar-refractivity contribution >= 4 is 60.1 Å². The fourth-order valence-corrected chi connectivity index (χ4v) is 8.83. The number of ether oxygens (including phenoxy) is 3. The van der Waals surface area contributed by atoms with Gasteiger partial charge in [-0.3, -0.25) is 23.8 Å². The minimum atomic E-state index is -4.79. The van der Waals surface area contributed by atoms with Crippen LogP contribution in [0.4, 0.5) is 16.3 Å². The van der Waals surface area contributed by atoms with E-state index in [1.807, 2.05) is 44.9 Å². The lowest BCUT2D eigenvalue weighted by Crippen LogP contribution is -2.37. The second kappa shape index (κ2) is 34.1. The van der Waals surface area contributed by atoms with Gasteiger partial charge in [0.2, 0.25) is 0 Å². The maximum atomic E-state index is 14.2. The van der Waals surface area contributed by atoms with Gasteiger partial charge in [-0.15, -0.1) is 0 Å². The number of aromatic nitrogens is 3. The number of phosphoric ester groups is 1. The lowest BCUT2D eigenvalue weighted by Gasteiger charge is -2.28. The van der Waals surface area contributed by atoms with Crippen LogP contribution in [0.15, 0.2) is 71.9 Å². The molecule has 2 unspecified atom stereocenters. The number of rotatable bonds is 38. The van der Waals surface area contributed by atoms with Gasteiger partial charge in [-0.2, -0.15) is 4.99 Å². The van der Waals surface area contributed by atoms with Crippen LogP contribution in [0.2, 0.25) is 0 Å². The first kappa shape index (κ1) is 62.8. The molecule has 0 saturated heterocycles. The van der Waals surface area contributed by atoms with Gasteiger partial charge in [-0.05, 0) is 67.4 Å². The van der Waals surface area contributed by atoms with Gasteiger partial charge in [0, 0.05) is 43.0 Å². The molecule has 2 aromatic heterocycles. The number of nitrogens with one attached hydrogen (secondary N) is 1. The molecule has 4 rings (SSSR count). The van der Waals surface area contributed by atoms with E-state index in [1.165, 1.54) is 75.3 Å². The number of imidazole rings is 1. The molecule has 0 bridgehead atoms. The van der Waals surface area contributed by atoms with E-state index in [2.05, 4.69) is 29.1 Å². The summed E-state index contributed by atoms with van der Waals surface area (Å²) in [6.07, 6.45) is 18.6. The summed E-state index contributed by atoms with van der Waals surface area (Å²) in [6, 6.07) is 17.4. The van der Waals surface area contributed by atoms with Crippen molar-refractivity contribution in [2.45, 2.75) is 148 Å². The molecule has 0 aliphatic rings. The van der Waals surface area contributed by atoms with Crippen molar-refractivity contribution in [1.29, 1.82) is 0 Å². The highest BCUT2D eigenvalue weighted by atomic mass is 31.2. The number of benzene rings is 2. The van der Waals surface area contributed by atoms with Gasteiger partial charge in [0.1, 0.15) is 37.2 Å². The third kappa shape index (κ3) is 24.5. The van der Waals surface area contributed by atoms with Gasteiger partial charge in [-0.25, -0.2) is 14.8 Å². The number of carbonyl (C=O) groups excluding carboxylic acids is 4. The second-order valence-electron chi connectivity index (χ2n) is 20.2. The number of aliphatic imine (C=N–C) groups is 1. The van der Waals surface area contributed by atoms with Crippen LogP contribution in [0.25, 0.3) is 11.0 Å². The van der Waals surface area contributed by atoms with E-state index in [9.17, 15) is 28.6 Å².